The highest BCUT2D eigenvalue weighted by molar-refractivity contribution is 7.99. The number of pyridine rings is 2. The molecule has 2 aromatic heterocycles. The smallest absolute Gasteiger partial charge is 0.126 e. The molecule has 0 fully saturated rings. The van der Waals surface area contributed by atoms with Gasteiger partial charge in [0.1, 0.15) is 11.6 Å². The minimum atomic E-state index is 0.0723. The monoisotopic (exact) mass is 505 g/mol. The molecular weight excluding hydrogens is 462 g/mol. The van der Waals surface area contributed by atoms with E-state index in [0.29, 0.717) is 0 Å². The topological polar surface area (TPSA) is 61.9 Å². The Balaban J connectivity index is 1.72. The van der Waals surface area contributed by atoms with Crippen molar-refractivity contribution in [3.05, 3.63) is 78.1 Å². The average molecular weight is 506 g/mol. The molecular formula is C30H43N5S. The fourth-order valence-electron chi connectivity index (χ4n) is 3.56. The van der Waals surface area contributed by atoms with Crippen LogP contribution in [0.4, 0.5) is 11.6 Å². The second-order valence-corrected chi connectivity index (χ2v) is 12.8. The van der Waals surface area contributed by atoms with Crippen LogP contribution < -0.4 is 16.0 Å². The lowest BCUT2D eigenvalue weighted by atomic mass is 9.97. The van der Waals surface area contributed by atoms with Crippen LogP contribution in [-0.2, 0) is 6.42 Å². The molecule has 1 atom stereocenters. The lowest BCUT2D eigenvalue weighted by Gasteiger charge is -2.22. The van der Waals surface area contributed by atoms with Gasteiger partial charge >= 0.3 is 0 Å². The van der Waals surface area contributed by atoms with Gasteiger partial charge in [-0.3, -0.25) is 0 Å². The minimum Gasteiger partial charge on any atom is -0.370 e. The van der Waals surface area contributed by atoms with E-state index in [1.807, 2.05) is 23.9 Å². The summed E-state index contributed by atoms with van der Waals surface area (Å²) in [5.74, 6) is 2.83. The molecule has 0 saturated heterocycles. The van der Waals surface area contributed by atoms with E-state index in [4.69, 9.17) is 9.97 Å². The first-order valence-electron chi connectivity index (χ1n) is 12.9. The fraction of sp³-hybridized carbons (Fsp3) is 0.467. The van der Waals surface area contributed by atoms with E-state index in [0.717, 1.165) is 54.8 Å². The van der Waals surface area contributed by atoms with Gasteiger partial charge in [0.15, 0.2) is 0 Å². The van der Waals surface area contributed by atoms with Crippen molar-refractivity contribution in [3.8, 4) is 0 Å². The van der Waals surface area contributed by atoms with Crippen LogP contribution >= 0.6 is 11.8 Å². The Labute approximate surface area is 222 Å². The van der Waals surface area contributed by atoms with Crippen molar-refractivity contribution in [2.24, 2.45) is 10.8 Å². The maximum absolute atomic E-state index is 4.98. The number of benzene rings is 1. The van der Waals surface area contributed by atoms with Crippen LogP contribution in [0.1, 0.15) is 59.0 Å². The van der Waals surface area contributed by atoms with Gasteiger partial charge in [0.2, 0.25) is 0 Å². The van der Waals surface area contributed by atoms with Crippen LogP contribution in [0.15, 0.2) is 71.6 Å². The Bertz CT molecular complexity index is 1060. The second kappa shape index (κ2) is 13.1. The van der Waals surface area contributed by atoms with Gasteiger partial charge in [-0.25, -0.2) is 9.97 Å². The molecule has 1 unspecified atom stereocenters. The largest absolute Gasteiger partial charge is 0.370 e. The third-order valence-corrected chi connectivity index (χ3v) is 6.47. The maximum Gasteiger partial charge on any atom is 0.126 e. The van der Waals surface area contributed by atoms with Crippen molar-refractivity contribution in [2.45, 2.75) is 58.9 Å². The number of thioether (sulfide) groups is 1. The van der Waals surface area contributed by atoms with Gasteiger partial charge in [-0.05, 0) is 47.2 Å². The third-order valence-electron chi connectivity index (χ3n) is 5.45. The summed E-state index contributed by atoms with van der Waals surface area (Å²) >= 11 is 1.87. The second-order valence-electron chi connectivity index (χ2n) is 11.7. The Morgan fingerprint density at radius 3 is 1.97 bits per heavy atom. The Morgan fingerprint density at radius 2 is 1.33 bits per heavy atom. The number of hydrogen-bond acceptors (Lipinski definition) is 6. The number of hydrogen-bond donors (Lipinski definition) is 3. The average Bonchev–Trinajstić information content (AvgIpc) is 2.84. The van der Waals surface area contributed by atoms with Crippen LogP contribution in [0, 0.1) is 10.8 Å². The van der Waals surface area contributed by atoms with E-state index in [-0.39, 0.29) is 16.9 Å². The van der Waals surface area contributed by atoms with Gasteiger partial charge in [-0.15, -0.1) is 11.8 Å². The summed E-state index contributed by atoms with van der Waals surface area (Å²) in [6.07, 6.45) is 0.775. The number of nitrogens with one attached hydrogen (secondary N) is 3. The van der Waals surface area contributed by atoms with Crippen LogP contribution in [0.3, 0.4) is 0 Å². The highest BCUT2D eigenvalue weighted by atomic mass is 32.2. The first-order chi connectivity index (χ1) is 17.1. The lowest BCUT2D eigenvalue weighted by Crippen LogP contribution is -2.27. The molecule has 0 aliphatic carbocycles. The van der Waals surface area contributed by atoms with Gasteiger partial charge in [0.25, 0.3) is 0 Å². The predicted molar refractivity (Wildman–Crippen MR) is 156 cm³/mol. The first-order valence-corrected chi connectivity index (χ1v) is 13.9. The summed E-state index contributed by atoms with van der Waals surface area (Å²) in [4.78, 5) is 11.2. The summed E-state index contributed by atoms with van der Waals surface area (Å²) in [6.45, 7) is 16.0. The van der Waals surface area contributed by atoms with Gasteiger partial charge in [0, 0.05) is 42.4 Å². The number of nitrogens with zero attached hydrogens (tertiary/aromatic N) is 2. The molecule has 0 aliphatic rings. The molecule has 0 spiro atoms. The molecule has 2 heterocycles. The van der Waals surface area contributed by atoms with Crippen molar-refractivity contribution in [1.29, 1.82) is 0 Å². The molecule has 5 nitrogen and oxygen atoms in total. The van der Waals surface area contributed by atoms with Gasteiger partial charge in [0.05, 0.1) is 11.7 Å². The van der Waals surface area contributed by atoms with Gasteiger partial charge < -0.3 is 16.0 Å². The molecule has 0 saturated carbocycles. The minimum absolute atomic E-state index is 0.0723. The molecule has 3 rings (SSSR count). The van der Waals surface area contributed by atoms with Crippen LogP contribution in [0.2, 0.25) is 0 Å². The number of aromatic nitrogens is 2. The molecule has 3 aromatic rings. The molecule has 194 valence electrons. The molecule has 0 bridgehead atoms. The zero-order valence-corrected chi connectivity index (χ0v) is 23.6. The predicted octanol–water partition coefficient (Wildman–Crippen LogP) is 7.06. The standard InChI is InChI=1S/C30H43N5S/c1-29(2,3)21-32-27-16-10-12-23(34-27)20-26(31-18-19-36-24-13-8-7-9-14-24)25-15-11-17-28(35-25)33-22-30(4,5)6/h7-17,26,31H,18-22H2,1-6H3,(H,32,34)(H,33,35). The van der Waals surface area contributed by atoms with Crippen molar-refractivity contribution < 1.29 is 0 Å². The van der Waals surface area contributed by atoms with Crippen LogP contribution in [-0.4, -0.2) is 35.4 Å². The summed E-state index contributed by atoms with van der Waals surface area (Å²) < 4.78 is 0. The van der Waals surface area contributed by atoms with E-state index in [2.05, 4.69) is 112 Å². The summed E-state index contributed by atoms with van der Waals surface area (Å²) in [5.41, 5.74) is 2.47. The summed E-state index contributed by atoms with van der Waals surface area (Å²) in [6, 6.07) is 23.1. The molecule has 3 N–H and O–H groups in total. The van der Waals surface area contributed by atoms with Crippen molar-refractivity contribution in [3.63, 3.8) is 0 Å². The Kier molecular flexibility index (Phi) is 10.2. The fourth-order valence-corrected chi connectivity index (χ4v) is 4.36. The normalized spacial score (nSPS) is 12.8. The zero-order chi connectivity index (χ0) is 26.0. The SMILES string of the molecule is CC(C)(C)CNc1cccc(CC(NCCSc2ccccc2)c2cccc(NCC(C)(C)C)n2)n1. The van der Waals surface area contributed by atoms with E-state index < -0.39 is 0 Å². The quantitative estimate of drug-likeness (QED) is 0.181. The first kappa shape index (κ1) is 28.0. The Hall–Kier alpha value is -2.57. The van der Waals surface area contributed by atoms with E-state index in [9.17, 15) is 0 Å². The van der Waals surface area contributed by atoms with Gasteiger partial charge in [-0.2, -0.15) is 0 Å². The summed E-state index contributed by atoms with van der Waals surface area (Å²) in [7, 11) is 0. The van der Waals surface area contributed by atoms with E-state index >= 15 is 0 Å². The highest BCUT2D eigenvalue weighted by Crippen LogP contribution is 2.22. The van der Waals surface area contributed by atoms with Crippen LogP contribution in [0.25, 0.3) is 0 Å². The lowest BCUT2D eigenvalue weighted by molar-refractivity contribution is 0.442. The molecule has 0 amide bonds. The Morgan fingerprint density at radius 1 is 0.722 bits per heavy atom. The third kappa shape index (κ3) is 10.6. The molecule has 0 radical (unpaired) electrons. The van der Waals surface area contributed by atoms with Crippen molar-refractivity contribution >= 4 is 23.4 Å². The van der Waals surface area contributed by atoms with E-state index in [1.54, 1.807) is 0 Å². The van der Waals surface area contributed by atoms with E-state index in [1.165, 1.54) is 4.90 Å². The van der Waals surface area contributed by atoms with Crippen molar-refractivity contribution in [1.82, 2.24) is 15.3 Å². The highest BCUT2D eigenvalue weighted by Gasteiger charge is 2.17. The number of anilines is 2. The summed E-state index contributed by atoms with van der Waals surface area (Å²) in [5, 5.41) is 10.8. The van der Waals surface area contributed by atoms with Gasteiger partial charge in [-0.1, -0.05) is 71.9 Å². The molecule has 1 aromatic carbocycles. The zero-order valence-electron chi connectivity index (χ0n) is 22.8. The maximum atomic E-state index is 4.98. The van der Waals surface area contributed by atoms with Crippen molar-refractivity contribution in [2.75, 3.05) is 36.0 Å². The molecule has 36 heavy (non-hydrogen) atoms. The molecule has 6 heteroatoms. The molecule has 0 aliphatic heterocycles. The number of rotatable bonds is 12. The van der Waals surface area contributed by atoms with Crippen LogP contribution in [0.5, 0.6) is 0 Å².